The van der Waals surface area contributed by atoms with Gasteiger partial charge in [0.1, 0.15) is 0 Å². The highest BCUT2D eigenvalue weighted by atomic mass is 32.2. The Morgan fingerprint density at radius 3 is 2.52 bits per heavy atom. The van der Waals surface area contributed by atoms with Gasteiger partial charge < -0.3 is 15.2 Å². The van der Waals surface area contributed by atoms with E-state index in [9.17, 15) is 22.4 Å². The summed E-state index contributed by atoms with van der Waals surface area (Å²) in [7, 11) is -4.08. The van der Waals surface area contributed by atoms with Gasteiger partial charge in [0.2, 0.25) is 5.91 Å². The summed E-state index contributed by atoms with van der Waals surface area (Å²) in [6, 6.07) is 7.79. The van der Waals surface area contributed by atoms with Crippen molar-refractivity contribution < 1.29 is 32.2 Å². The minimum absolute atomic E-state index is 0.0111. The van der Waals surface area contributed by atoms with E-state index in [1.807, 2.05) is 0 Å². The maximum Gasteiger partial charge on any atom is 0.303 e. The standard InChI is InChI=1S/C19H21FN2O6S/c1-12-5-6-14(10-17(12)21-13(2)23)22-29(26,27)15-7-8-18(16(20)11-15)28-9-3-4-19(24)25/h5-8,10-11,22H,3-4,9H2,1-2H3,(H,21,23)(H,24,25). The van der Waals surface area contributed by atoms with Gasteiger partial charge in [-0.1, -0.05) is 6.07 Å². The molecular weight excluding hydrogens is 403 g/mol. The molecule has 0 aliphatic carbocycles. The van der Waals surface area contributed by atoms with Crippen molar-refractivity contribution in [1.29, 1.82) is 0 Å². The van der Waals surface area contributed by atoms with Gasteiger partial charge in [0.15, 0.2) is 11.6 Å². The lowest BCUT2D eigenvalue weighted by Crippen LogP contribution is -2.14. The van der Waals surface area contributed by atoms with Crippen molar-refractivity contribution in [2.45, 2.75) is 31.6 Å². The molecule has 0 aromatic heterocycles. The van der Waals surface area contributed by atoms with Crippen molar-refractivity contribution in [2.75, 3.05) is 16.6 Å². The van der Waals surface area contributed by atoms with Crippen LogP contribution in [0.2, 0.25) is 0 Å². The van der Waals surface area contributed by atoms with Gasteiger partial charge in [0.25, 0.3) is 10.0 Å². The number of carbonyl (C=O) groups excluding carboxylic acids is 1. The third-order valence-corrected chi connectivity index (χ3v) is 5.19. The Labute approximate surface area is 167 Å². The predicted molar refractivity (Wildman–Crippen MR) is 105 cm³/mol. The highest BCUT2D eigenvalue weighted by Crippen LogP contribution is 2.25. The van der Waals surface area contributed by atoms with Crippen molar-refractivity contribution in [3.8, 4) is 5.75 Å². The average Bonchev–Trinajstić information content (AvgIpc) is 2.61. The molecule has 0 saturated heterocycles. The lowest BCUT2D eigenvalue weighted by atomic mass is 10.2. The number of carboxylic acid groups (broad SMARTS) is 1. The highest BCUT2D eigenvalue weighted by molar-refractivity contribution is 7.92. The molecule has 0 aliphatic rings. The van der Waals surface area contributed by atoms with E-state index in [-0.39, 0.29) is 41.7 Å². The average molecular weight is 424 g/mol. The predicted octanol–water partition coefficient (Wildman–Crippen LogP) is 3.14. The van der Waals surface area contributed by atoms with Crippen LogP contribution in [0.25, 0.3) is 0 Å². The summed E-state index contributed by atoms with van der Waals surface area (Å²) >= 11 is 0. The van der Waals surface area contributed by atoms with E-state index in [0.717, 1.165) is 11.6 Å². The summed E-state index contributed by atoms with van der Waals surface area (Å²) in [5, 5.41) is 11.2. The lowest BCUT2D eigenvalue weighted by Gasteiger charge is -2.13. The minimum Gasteiger partial charge on any atom is -0.491 e. The Balaban J connectivity index is 2.14. The number of rotatable bonds is 9. The summed E-state index contributed by atoms with van der Waals surface area (Å²) in [6.07, 6.45) is 0.0788. The molecule has 0 spiro atoms. The Morgan fingerprint density at radius 2 is 1.90 bits per heavy atom. The van der Waals surface area contributed by atoms with Crippen LogP contribution in [0.3, 0.4) is 0 Å². The maximum absolute atomic E-state index is 14.2. The molecule has 8 nitrogen and oxygen atoms in total. The zero-order valence-corrected chi connectivity index (χ0v) is 16.7. The first-order valence-corrected chi connectivity index (χ1v) is 10.1. The molecule has 0 bridgehead atoms. The molecule has 0 fully saturated rings. The number of benzene rings is 2. The molecule has 2 rings (SSSR count). The SMILES string of the molecule is CC(=O)Nc1cc(NS(=O)(=O)c2ccc(OCCCC(=O)O)c(F)c2)ccc1C. The van der Waals surface area contributed by atoms with E-state index < -0.39 is 21.8 Å². The molecule has 156 valence electrons. The van der Waals surface area contributed by atoms with E-state index in [2.05, 4.69) is 10.0 Å². The van der Waals surface area contributed by atoms with Crippen molar-refractivity contribution in [1.82, 2.24) is 0 Å². The number of hydrogen-bond donors (Lipinski definition) is 3. The summed E-state index contributed by atoms with van der Waals surface area (Å²) in [5.74, 6) is -2.34. The monoisotopic (exact) mass is 424 g/mol. The topological polar surface area (TPSA) is 122 Å². The molecule has 0 heterocycles. The summed E-state index contributed by atoms with van der Waals surface area (Å²) in [4.78, 5) is 21.4. The fraction of sp³-hybridized carbons (Fsp3) is 0.263. The highest BCUT2D eigenvalue weighted by Gasteiger charge is 2.18. The van der Waals surface area contributed by atoms with Crippen LogP contribution < -0.4 is 14.8 Å². The molecule has 3 N–H and O–H groups in total. The fourth-order valence-corrected chi connectivity index (χ4v) is 3.46. The zero-order valence-electron chi connectivity index (χ0n) is 15.9. The normalized spacial score (nSPS) is 11.0. The molecule has 0 unspecified atom stereocenters. The molecule has 10 heteroatoms. The second kappa shape index (κ2) is 9.37. The van der Waals surface area contributed by atoms with Gasteiger partial charge >= 0.3 is 5.97 Å². The Hall–Kier alpha value is -3.14. The van der Waals surface area contributed by atoms with Crippen molar-refractivity contribution in [3.63, 3.8) is 0 Å². The first-order valence-electron chi connectivity index (χ1n) is 8.63. The first kappa shape index (κ1) is 22.2. The number of sulfonamides is 1. The van der Waals surface area contributed by atoms with Gasteiger partial charge in [-0.25, -0.2) is 12.8 Å². The molecule has 1 amide bonds. The van der Waals surface area contributed by atoms with Gasteiger partial charge in [-0.3, -0.25) is 14.3 Å². The van der Waals surface area contributed by atoms with E-state index >= 15 is 0 Å². The molecule has 0 radical (unpaired) electrons. The van der Waals surface area contributed by atoms with Crippen molar-refractivity contribution in [3.05, 3.63) is 47.8 Å². The van der Waals surface area contributed by atoms with Crippen LogP contribution in [0.15, 0.2) is 41.3 Å². The second-order valence-electron chi connectivity index (χ2n) is 6.25. The van der Waals surface area contributed by atoms with Crippen LogP contribution in [0.4, 0.5) is 15.8 Å². The number of nitrogens with one attached hydrogen (secondary N) is 2. The van der Waals surface area contributed by atoms with Crippen LogP contribution in [0.5, 0.6) is 5.75 Å². The number of anilines is 2. The number of aliphatic carboxylic acids is 1. The Bertz CT molecular complexity index is 1020. The Morgan fingerprint density at radius 1 is 1.17 bits per heavy atom. The molecule has 2 aromatic carbocycles. The third kappa shape index (κ3) is 6.46. The van der Waals surface area contributed by atoms with E-state index in [1.165, 1.54) is 31.2 Å². The van der Waals surface area contributed by atoms with Crippen molar-refractivity contribution in [2.24, 2.45) is 0 Å². The van der Waals surface area contributed by atoms with Crippen LogP contribution in [0.1, 0.15) is 25.3 Å². The number of carbonyl (C=O) groups is 2. The smallest absolute Gasteiger partial charge is 0.303 e. The van der Waals surface area contributed by atoms with Crippen LogP contribution in [-0.2, 0) is 19.6 Å². The first-order chi connectivity index (χ1) is 13.6. The molecule has 0 atom stereocenters. The molecule has 2 aromatic rings. The zero-order chi connectivity index (χ0) is 21.6. The van der Waals surface area contributed by atoms with Gasteiger partial charge in [-0.2, -0.15) is 0 Å². The van der Waals surface area contributed by atoms with Gasteiger partial charge in [0.05, 0.1) is 17.2 Å². The Kier molecular flexibility index (Phi) is 7.16. The maximum atomic E-state index is 14.2. The lowest BCUT2D eigenvalue weighted by molar-refractivity contribution is -0.137. The second-order valence-corrected chi connectivity index (χ2v) is 7.94. The number of aryl methyl sites for hydroxylation is 1. The van der Waals surface area contributed by atoms with Gasteiger partial charge in [-0.15, -0.1) is 0 Å². The summed E-state index contributed by atoms with van der Waals surface area (Å²) in [5.41, 5.74) is 1.40. The number of halogens is 1. The van der Waals surface area contributed by atoms with E-state index in [1.54, 1.807) is 13.0 Å². The number of amides is 1. The van der Waals surface area contributed by atoms with Gasteiger partial charge in [0, 0.05) is 19.0 Å². The quantitative estimate of drug-likeness (QED) is 0.532. The van der Waals surface area contributed by atoms with Crippen molar-refractivity contribution >= 4 is 33.3 Å². The minimum atomic E-state index is -4.08. The van der Waals surface area contributed by atoms with Crippen LogP contribution >= 0.6 is 0 Å². The largest absolute Gasteiger partial charge is 0.491 e. The summed E-state index contributed by atoms with van der Waals surface area (Å²) < 4.78 is 46.8. The van der Waals surface area contributed by atoms with E-state index in [0.29, 0.717) is 5.69 Å². The molecule has 0 aliphatic heterocycles. The molecular formula is C19H21FN2O6S. The number of hydrogen-bond acceptors (Lipinski definition) is 5. The third-order valence-electron chi connectivity index (χ3n) is 3.81. The van der Waals surface area contributed by atoms with Gasteiger partial charge in [-0.05, 0) is 49.2 Å². The van der Waals surface area contributed by atoms with Crippen LogP contribution in [-0.4, -0.2) is 32.0 Å². The summed E-state index contributed by atoms with van der Waals surface area (Å²) in [6.45, 7) is 3.08. The van der Waals surface area contributed by atoms with E-state index in [4.69, 9.17) is 9.84 Å². The molecule has 29 heavy (non-hydrogen) atoms. The molecule has 0 saturated carbocycles. The number of ether oxygens (including phenoxy) is 1. The number of carboxylic acids is 1. The van der Waals surface area contributed by atoms with Crippen LogP contribution in [0, 0.1) is 12.7 Å². The fourth-order valence-electron chi connectivity index (χ4n) is 2.40.